The summed E-state index contributed by atoms with van der Waals surface area (Å²) in [4.78, 5) is 12.1. The van der Waals surface area contributed by atoms with Crippen LogP contribution in [0.2, 0.25) is 0 Å². The number of amides is 1. The minimum atomic E-state index is -4.59. The smallest absolute Gasteiger partial charge is 0.271 e. The van der Waals surface area contributed by atoms with E-state index in [-0.39, 0.29) is 6.42 Å². The molecular weight excluding hydrogens is 344 g/mol. The Morgan fingerprint density at radius 2 is 2.04 bits per heavy atom. The molecule has 23 heavy (non-hydrogen) atoms. The molecule has 0 radical (unpaired) electrons. The Labute approximate surface area is 137 Å². The fourth-order valence-corrected chi connectivity index (χ4v) is 7.13. The summed E-state index contributed by atoms with van der Waals surface area (Å²) in [6, 6.07) is 0. The molecule has 0 unspecified atom stereocenters. The van der Waals surface area contributed by atoms with E-state index >= 15 is 0 Å². The highest BCUT2D eigenvalue weighted by atomic mass is 32.2. The van der Waals surface area contributed by atoms with Crippen molar-refractivity contribution >= 4 is 25.9 Å². The van der Waals surface area contributed by atoms with Gasteiger partial charge in [-0.05, 0) is 13.0 Å². The second-order valence-electron chi connectivity index (χ2n) is 6.90. The maximum Gasteiger partial charge on any atom is 0.271 e. The predicted molar refractivity (Wildman–Crippen MR) is 87.2 cm³/mol. The third-order valence-corrected chi connectivity index (χ3v) is 7.49. The van der Waals surface area contributed by atoms with Crippen LogP contribution in [0.5, 0.6) is 0 Å². The van der Waals surface area contributed by atoms with Crippen LogP contribution in [0.25, 0.3) is 0 Å². The maximum absolute atomic E-state index is 12.1. The molecule has 0 bridgehead atoms. The summed E-state index contributed by atoms with van der Waals surface area (Å²) in [6.45, 7) is 6.12. The van der Waals surface area contributed by atoms with Gasteiger partial charge in [0.2, 0.25) is 5.91 Å². The number of nitrogens with one attached hydrogen (secondary N) is 1. The lowest BCUT2D eigenvalue weighted by atomic mass is 10.0. The highest BCUT2D eigenvalue weighted by Gasteiger charge is 2.54. The molecule has 1 rings (SSSR count). The third kappa shape index (κ3) is 5.55. The minimum Gasteiger partial charge on any atom is -0.348 e. The van der Waals surface area contributed by atoms with Crippen molar-refractivity contribution in [2.24, 2.45) is 0 Å². The summed E-state index contributed by atoms with van der Waals surface area (Å²) in [5.74, 6) is -1.66. The normalized spacial score (nSPS) is 27.6. The number of likely N-dealkylation sites (N-methyl/N-ethyl adjacent to an activating group) is 1. The molecule has 0 saturated carbocycles. The Balaban J connectivity index is 2.84. The lowest BCUT2D eigenvalue weighted by Gasteiger charge is -2.31. The number of sulfone groups is 1. The first kappa shape index (κ1) is 20.1. The quantitative estimate of drug-likeness (QED) is 0.345. The van der Waals surface area contributed by atoms with Crippen LogP contribution >= 0.6 is 0 Å². The molecule has 0 aromatic carbocycles. The van der Waals surface area contributed by atoms with E-state index in [2.05, 4.69) is 11.9 Å². The zero-order chi connectivity index (χ0) is 18.1. The lowest BCUT2D eigenvalue weighted by Crippen LogP contribution is -2.57. The summed E-state index contributed by atoms with van der Waals surface area (Å²) in [7, 11) is -4.42. The Morgan fingerprint density at radius 3 is 2.52 bits per heavy atom. The van der Waals surface area contributed by atoms with Gasteiger partial charge in [-0.15, -0.1) is 0 Å². The van der Waals surface area contributed by atoms with Crippen LogP contribution in [0.15, 0.2) is 12.7 Å². The van der Waals surface area contributed by atoms with Gasteiger partial charge in [-0.25, -0.2) is 8.42 Å². The van der Waals surface area contributed by atoms with E-state index in [9.17, 15) is 26.2 Å². The number of hydrogen-bond donors (Lipinski definition) is 2. The van der Waals surface area contributed by atoms with Crippen LogP contribution < -0.4 is 5.32 Å². The maximum atomic E-state index is 12.1. The number of carbonyl (C=O) groups excluding carboxylic acids is 1. The molecule has 0 spiro atoms. The molecule has 0 aliphatic carbocycles. The SMILES string of the molecule is C=CC[N+](C)(C)CCC(=O)N[C@]1(C)CS(=O)(=O)C[C@H]1S(=O)(=O)O. The van der Waals surface area contributed by atoms with Crippen molar-refractivity contribution < 1.29 is 30.7 Å². The lowest BCUT2D eigenvalue weighted by molar-refractivity contribution is -0.883. The van der Waals surface area contributed by atoms with E-state index in [1.54, 1.807) is 6.08 Å². The first-order valence-corrected chi connectivity index (χ1v) is 10.4. The van der Waals surface area contributed by atoms with Crippen molar-refractivity contribution in [3.63, 3.8) is 0 Å². The molecule has 1 heterocycles. The van der Waals surface area contributed by atoms with E-state index in [4.69, 9.17) is 0 Å². The van der Waals surface area contributed by atoms with Gasteiger partial charge >= 0.3 is 0 Å². The van der Waals surface area contributed by atoms with Gasteiger partial charge in [-0.2, -0.15) is 8.42 Å². The van der Waals surface area contributed by atoms with Crippen molar-refractivity contribution in [1.29, 1.82) is 0 Å². The number of carbonyl (C=O) groups is 1. The highest BCUT2D eigenvalue weighted by Crippen LogP contribution is 2.29. The molecule has 2 atom stereocenters. The van der Waals surface area contributed by atoms with E-state index in [0.717, 1.165) is 0 Å². The summed E-state index contributed by atoms with van der Waals surface area (Å²) >= 11 is 0. The number of nitrogens with zero attached hydrogens (tertiary/aromatic N) is 1. The minimum absolute atomic E-state index is 0.106. The van der Waals surface area contributed by atoms with Gasteiger partial charge < -0.3 is 9.80 Å². The van der Waals surface area contributed by atoms with Crippen molar-refractivity contribution in [2.45, 2.75) is 24.1 Å². The average Bonchev–Trinajstić information content (AvgIpc) is 2.56. The Hall–Kier alpha value is -0.970. The van der Waals surface area contributed by atoms with Crippen molar-refractivity contribution in [1.82, 2.24) is 5.32 Å². The Bertz CT molecular complexity index is 683. The van der Waals surface area contributed by atoms with Gasteiger partial charge in [0.1, 0.15) is 5.25 Å². The molecule has 1 aliphatic heterocycles. The van der Waals surface area contributed by atoms with Gasteiger partial charge in [0.05, 0.1) is 50.7 Å². The number of hydrogen-bond acceptors (Lipinski definition) is 5. The predicted octanol–water partition coefficient (Wildman–Crippen LogP) is -0.801. The van der Waals surface area contributed by atoms with Crippen molar-refractivity contribution in [3.8, 4) is 0 Å². The van der Waals surface area contributed by atoms with Crippen molar-refractivity contribution in [2.75, 3.05) is 38.7 Å². The fraction of sp³-hybridized carbons (Fsp3) is 0.769. The monoisotopic (exact) mass is 369 g/mol. The molecule has 1 amide bonds. The fourth-order valence-electron chi connectivity index (χ4n) is 2.78. The molecule has 134 valence electrons. The Kier molecular flexibility index (Phi) is 5.67. The van der Waals surface area contributed by atoms with Gasteiger partial charge in [0, 0.05) is 0 Å². The summed E-state index contributed by atoms with van der Waals surface area (Å²) < 4.78 is 56.2. The van der Waals surface area contributed by atoms with E-state index in [1.807, 2.05) is 14.1 Å². The van der Waals surface area contributed by atoms with Crippen LogP contribution in [0.3, 0.4) is 0 Å². The molecule has 2 N–H and O–H groups in total. The second kappa shape index (κ2) is 6.50. The zero-order valence-electron chi connectivity index (χ0n) is 13.6. The van der Waals surface area contributed by atoms with Gasteiger partial charge in [0.25, 0.3) is 10.1 Å². The summed E-state index contributed by atoms with van der Waals surface area (Å²) in [5.41, 5.74) is -1.53. The first-order chi connectivity index (χ1) is 10.2. The standard InChI is InChI=1S/C13H24N2O6S2/c1-5-7-15(3,4)8-6-12(16)14-13(2)10-22(17,18)9-11(13)23(19,20)21/h5,11H,1,6-10H2,2-4H3,(H-,14,16,19,20,21)/p+1/t11-,13-/m1/s1. The van der Waals surface area contributed by atoms with E-state index in [0.29, 0.717) is 17.6 Å². The molecule has 1 fully saturated rings. The van der Waals surface area contributed by atoms with Crippen LogP contribution in [0, 0.1) is 0 Å². The largest absolute Gasteiger partial charge is 0.348 e. The molecular formula is C13H25N2O6S2+. The number of rotatable bonds is 7. The molecule has 1 saturated heterocycles. The summed E-state index contributed by atoms with van der Waals surface area (Å²) in [6.07, 6.45) is 1.84. The van der Waals surface area contributed by atoms with Crippen LogP contribution in [0.1, 0.15) is 13.3 Å². The molecule has 10 heteroatoms. The van der Waals surface area contributed by atoms with Crippen LogP contribution in [0.4, 0.5) is 0 Å². The van der Waals surface area contributed by atoms with Crippen LogP contribution in [-0.2, 0) is 24.7 Å². The first-order valence-electron chi connectivity index (χ1n) is 7.11. The van der Waals surface area contributed by atoms with Crippen molar-refractivity contribution in [3.05, 3.63) is 12.7 Å². The Morgan fingerprint density at radius 1 is 1.48 bits per heavy atom. The third-order valence-electron chi connectivity index (χ3n) is 3.99. The molecule has 0 aromatic heterocycles. The zero-order valence-corrected chi connectivity index (χ0v) is 15.3. The average molecular weight is 369 g/mol. The molecule has 1 aliphatic rings. The molecule has 0 aromatic rings. The second-order valence-corrected chi connectivity index (χ2v) is 10.6. The highest BCUT2D eigenvalue weighted by molar-refractivity contribution is 7.94. The van der Waals surface area contributed by atoms with E-state index in [1.165, 1.54) is 6.92 Å². The topological polar surface area (TPSA) is 118 Å². The van der Waals surface area contributed by atoms with Crippen LogP contribution in [-0.4, -0.2) is 81.3 Å². The van der Waals surface area contributed by atoms with Gasteiger partial charge in [0.15, 0.2) is 9.84 Å². The summed E-state index contributed by atoms with van der Waals surface area (Å²) in [5, 5.41) is 0.933. The number of quaternary nitrogens is 1. The van der Waals surface area contributed by atoms with E-state index < -0.39 is 48.2 Å². The molecule has 8 nitrogen and oxygen atoms in total. The van der Waals surface area contributed by atoms with Gasteiger partial charge in [-0.1, -0.05) is 6.58 Å². The van der Waals surface area contributed by atoms with Gasteiger partial charge in [-0.3, -0.25) is 9.35 Å².